The number of oxazole rings is 1. The zero-order valence-electron chi connectivity index (χ0n) is 16.7. The van der Waals surface area contributed by atoms with E-state index in [0.29, 0.717) is 30.5 Å². The number of ether oxygens (including phenoxy) is 1. The molecule has 3 aromatic heterocycles. The van der Waals surface area contributed by atoms with Gasteiger partial charge in [0.1, 0.15) is 6.61 Å². The third kappa shape index (κ3) is 4.54. The summed E-state index contributed by atoms with van der Waals surface area (Å²) in [7, 11) is 0. The SMILES string of the molecule is Cc1ccc(OCCn2cc(NC(=O)c3ncoc3-c3cccc(C)c3)cn2)nc1. The maximum atomic E-state index is 12.7. The van der Waals surface area contributed by atoms with Crippen molar-refractivity contribution >= 4 is 11.6 Å². The fourth-order valence-corrected chi connectivity index (χ4v) is 2.92. The van der Waals surface area contributed by atoms with E-state index in [0.717, 1.165) is 16.7 Å². The van der Waals surface area contributed by atoms with E-state index < -0.39 is 0 Å². The molecule has 0 bridgehead atoms. The molecular weight excluding hydrogens is 382 g/mol. The number of hydrogen-bond donors (Lipinski definition) is 1. The average molecular weight is 403 g/mol. The van der Waals surface area contributed by atoms with E-state index in [1.165, 1.54) is 6.39 Å². The summed E-state index contributed by atoms with van der Waals surface area (Å²) in [6.45, 7) is 4.88. The molecule has 3 heterocycles. The lowest BCUT2D eigenvalue weighted by atomic mass is 10.1. The zero-order valence-corrected chi connectivity index (χ0v) is 16.7. The summed E-state index contributed by atoms with van der Waals surface area (Å²) in [5.74, 6) is 0.637. The molecule has 0 radical (unpaired) electrons. The molecule has 0 aliphatic carbocycles. The van der Waals surface area contributed by atoms with Crippen molar-refractivity contribution in [2.75, 3.05) is 11.9 Å². The highest BCUT2D eigenvalue weighted by Gasteiger charge is 2.19. The number of amides is 1. The largest absolute Gasteiger partial charge is 0.476 e. The molecule has 0 fully saturated rings. The number of anilines is 1. The molecule has 0 saturated heterocycles. The molecule has 0 unspecified atom stereocenters. The minimum absolute atomic E-state index is 0.224. The Balaban J connectivity index is 1.36. The van der Waals surface area contributed by atoms with Crippen LogP contribution < -0.4 is 10.1 Å². The van der Waals surface area contributed by atoms with Crippen molar-refractivity contribution in [1.29, 1.82) is 0 Å². The number of carbonyl (C=O) groups excluding carboxylic acids is 1. The number of pyridine rings is 1. The first-order valence-electron chi connectivity index (χ1n) is 9.48. The zero-order chi connectivity index (χ0) is 20.9. The van der Waals surface area contributed by atoms with Crippen LogP contribution in [-0.2, 0) is 6.54 Å². The lowest BCUT2D eigenvalue weighted by molar-refractivity contribution is 0.102. The summed E-state index contributed by atoms with van der Waals surface area (Å²) in [5.41, 5.74) is 3.73. The number of carbonyl (C=O) groups is 1. The number of hydrogen-bond acceptors (Lipinski definition) is 6. The molecule has 1 amide bonds. The van der Waals surface area contributed by atoms with E-state index in [2.05, 4.69) is 20.4 Å². The fraction of sp³-hybridized carbons (Fsp3) is 0.182. The van der Waals surface area contributed by atoms with Crippen molar-refractivity contribution in [1.82, 2.24) is 19.7 Å². The van der Waals surface area contributed by atoms with Crippen LogP contribution in [0.4, 0.5) is 5.69 Å². The first-order valence-corrected chi connectivity index (χ1v) is 9.48. The van der Waals surface area contributed by atoms with Crippen LogP contribution in [0.15, 0.2) is 65.8 Å². The third-order valence-corrected chi connectivity index (χ3v) is 4.41. The van der Waals surface area contributed by atoms with E-state index in [1.807, 2.05) is 50.2 Å². The third-order valence-electron chi connectivity index (χ3n) is 4.41. The monoisotopic (exact) mass is 403 g/mol. The molecule has 0 aliphatic heterocycles. The van der Waals surface area contributed by atoms with Gasteiger partial charge in [0.15, 0.2) is 17.8 Å². The molecule has 8 heteroatoms. The molecule has 0 aliphatic rings. The molecule has 0 atom stereocenters. The van der Waals surface area contributed by atoms with Crippen molar-refractivity contribution in [3.05, 3.63) is 78.2 Å². The quantitative estimate of drug-likeness (QED) is 0.503. The highest BCUT2D eigenvalue weighted by atomic mass is 16.5. The summed E-state index contributed by atoms with van der Waals surface area (Å²) in [6, 6.07) is 11.5. The maximum Gasteiger partial charge on any atom is 0.278 e. The van der Waals surface area contributed by atoms with Crippen LogP contribution in [0.3, 0.4) is 0 Å². The van der Waals surface area contributed by atoms with Gasteiger partial charge < -0.3 is 14.5 Å². The Hall–Kier alpha value is -3.94. The number of benzene rings is 1. The van der Waals surface area contributed by atoms with Gasteiger partial charge in [-0.05, 0) is 25.5 Å². The van der Waals surface area contributed by atoms with E-state index in [1.54, 1.807) is 23.3 Å². The molecule has 1 N–H and O–H groups in total. The molecule has 4 aromatic rings. The van der Waals surface area contributed by atoms with Gasteiger partial charge in [0.05, 0.1) is 18.4 Å². The van der Waals surface area contributed by atoms with Gasteiger partial charge in [0.2, 0.25) is 5.88 Å². The number of aromatic nitrogens is 4. The van der Waals surface area contributed by atoms with Gasteiger partial charge in [0.25, 0.3) is 5.91 Å². The van der Waals surface area contributed by atoms with E-state index in [-0.39, 0.29) is 11.6 Å². The van der Waals surface area contributed by atoms with Gasteiger partial charge in [-0.3, -0.25) is 9.48 Å². The number of nitrogens with zero attached hydrogens (tertiary/aromatic N) is 4. The Bertz CT molecular complexity index is 1150. The Kier molecular flexibility index (Phi) is 5.56. The number of nitrogens with one attached hydrogen (secondary N) is 1. The van der Waals surface area contributed by atoms with Crippen molar-refractivity contribution in [3.8, 4) is 17.2 Å². The molecule has 1 aromatic carbocycles. The number of aryl methyl sites for hydroxylation is 2. The van der Waals surface area contributed by atoms with Crippen molar-refractivity contribution in [2.45, 2.75) is 20.4 Å². The van der Waals surface area contributed by atoms with Crippen molar-refractivity contribution < 1.29 is 13.9 Å². The summed E-state index contributed by atoms with van der Waals surface area (Å²) in [4.78, 5) is 21.0. The van der Waals surface area contributed by atoms with Gasteiger partial charge in [-0.25, -0.2) is 9.97 Å². The van der Waals surface area contributed by atoms with Crippen LogP contribution in [0.25, 0.3) is 11.3 Å². The summed E-state index contributed by atoms with van der Waals surface area (Å²) in [6.07, 6.45) is 6.34. The molecule has 0 saturated carbocycles. The Morgan fingerprint density at radius 2 is 2.03 bits per heavy atom. The lowest BCUT2D eigenvalue weighted by Gasteiger charge is -2.05. The first-order chi connectivity index (χ1) is 14.6. The van der Waals surface area contributed by atoms with Gasteiger partial charge >= 0.3 is 0 Å². The van der Waals surface area contributed by atoms with Crippen LogP contribution >= 0.6 is 0 Å². The molecular formula is C22H21N5O3. The molecule has 152 valence electrons. The van der Waals surface area contributed by atoms with Crippen LogP contribution in [0.2, 0.25) is 0 Å². The van der Waals surface area contributed by atoms with Crippen LogP contribution in [-0.4, -0.2) is 32.3 Å². The van der Waals surface area contributed by atoms with Crippen molar-refractivity contribution in [3.63, 3.8) is 0 Å². The maximum absolute atomic E-state index is 12.7. The Morgan fingerprint density at radius 3 is 2.83 bits per heavy atom. The molecule has 0 spiro atoms. The van der Waals surface area contributed by atoms with E-state index in [9.17, 15) is 4.79 Å². The normalized spacial score (nSPS) is 10.7. The Labute approximate surface area is 173 Å². The second kappa shape index (κ2) is 8.60. The fourth-order valence-electron chi connectivity index (χ4n) is 2.92. The van der Waals surface area contributed by atoms with Gasteiger partial charge in [0, 0.05) is 24.0 Å². The molecule has 30 heavy (non-hydrogen) atoms. The minimum Gasteiger partial charge on any atom is -0.476 e. The standard InChI is InChI=1S/C22H21N5O3/c1-15-4-3-5-17(10-15)21-20(24-14-30-21)22(28)26-18-12-25-27(13-18)8-9-29-19-7-6-16(2)11-23-19/h3-7,10-14H,8-9H2,1-2H3,(H,26,28). The molecule has 4 rings (SSSR count). The predicted molar refractivity (Wildman–Crippen MR) is 111 cm³/mol. The molecule has 8 nitrogen and oxygen atoms in total. The van der Waals surface area contributed by atoms with E-state index >= 15 is 0 Å². The van der Waals surface area contributed by atoms with E-state index in [4.69, 9.17) is 9.15 Å². The highest BCUT2D eigenvalue weighted by molar-refractivity contribution is 6.06. The highest BCUT2D eigenvalue weighted by Crippen LogP contribution is 2.24. The second-order valence-electron chi connectivity index (χ2n) is 6.87. The number of rotatable bonds is 7. The predicted octanol–water partition coefficient (Wildman–Crippen LogP) is 3.88. The van der Waals surface area contributed by atoms with Gasteiger partial charge in [-0.15, -0.1) is 0 Å². The van der Waals surface area contributed by atoms with Gasteiger partial charge in [-0.1, -0.05) is 29.8 Å². The first kappa shape index (κ1) is 19.4. The smallest absolute Gasteiger partial charge is 0.278 e. The Morgan fingerprint density at radius 1 is 1.13 bits per heavy atom. The summed E-state index contributed by atoms with van der Waals surface area (Å²) < 4.78 is 12.8. The van der Waals surface area contributed by atoms with Crippen LogP contribution in [0.5, 0.6) is 5.88 Å². The lowest BCUT2D eigenvalue weighted by Crippen LogP contribution is -2.13. The topological polar surface area (TPSA) is 95.1 Å². The second-order valence-corrected chi connectivity index (χ2v) is 6.87. The van der Waals surface area contributed by atoms with Crippen LogP contribution in [0, 0.1) is 13.8 Å². The van der Waals surface area contributed by atoms with Crippen LogP contribution in [0.1, 0.15) is 21.6 Å². The van der Waals surface area contributed by atoms with Crippen molar-refractivity contribution in [2.24, 2.45) is 0 Å². The van der Waals surface area contributed by atoms with Gasteiger partial charge in [-0.2, -0.15) is 5.10 Å². The minimum atomic E-state index is -0.361. The summed E-state index contributed by atoms with van der Waals surface area (Å²) >= 11 is 0. The average Bonchev–Trinajstić information content (AvgIpc) is 3.39. The summed E-state index contributed by atoms with van der Waals surface area (Å²) in [5, 5.41) is 7.05.